The second-order valence-corrected chi connectivity index (χ2v) is 6.85. The minimum Gasteiger partial charge on any atom is -0.493 e. The van der Waals surface area contributed by atoms with Gasteiger partial charge in [0.1, 0.15) is 17.2 Å². The van der Waals surface area contributed by atoms with Crippen LogP contribution in [0.2, 0.25) is 0 Å². The maximum absolute atomic E-state index is 12.8. The van der Waals surface area contributed by atoms with Crippen LogP contribution < -0.4 is 14.2 Å². The Labute approximate surface area is 170 Å². The van der Waals surface area contributed by atoms with Gasteiger partial charge in [-0.25, -0.2) is 4.79 Å². The summed E-state index contributed by atoms with van der Waals surface area (Å²) in [5, 5.41) is 0. The minimum absolute atomic E-state index is 0.199. The maximum atomic E-state index is 12.8. The van der Waals surface area contributed by atoms with Gasteiger partial charge in [0.25, 0.3) is 0 Å². The molecule has 29 heavy (non-hydrogen) atoms. The SMILES string of the molecule is CCOc1ccccc1/C=C1\Oc2cc(OCC(=O)OC(C)C)cc(C)c2C1=O. The molecule has 0 amide bonds. The van der Waals surface area contributed by atoms with Crippen molar-refractivity contribution in [2.75, 3.05) is 13.2 Å². The lowest BCUT2D eigenvalue weighted by atomic mass is 10.0. The summed E-state index contributed by atoms with van der Waals surface area (Å²) in [4.78, 5) is 24.5. The number of ether oxygens (including phenoxy) is 4. The zero-order chi connectivity index (χ0) is 21.0. The lowest BCUT2D eigenvalue weighted by Crippen LogP contribution is -2.18. The van der Waals surface area contributed by atoms with Crippen molar-refractivity contribution >= 4 is 17.8 Å². The number of carbonyl (C=O) groups is 2. The average molecular weight is 396 g/mol. The Morgan fingerprint density at radius 3 is 2.66 bits per heavy atom. The predicted molar refractivity (Wildman–Crippen MR) is 108 cm³/mol. The molecule has 0 radical (unpaired) electrons. The van der Waals surface area contributed by atoms with Crippen molar-refractivity contribution in [2.45, 2.75) is 33.8 Å². The van der Waals surface area contributed by atoms with Crippen LogP contribution in [0.3, 0.4) is 0 Å². The van der Waals surface area contributed by atoms with E-state index in [1.165, 1.54) is 0 Å². The monoisotopic (exact) mass is 396 g/mol. The molecule has 0 aliphatic carbocycles. The van der Waals surface area contributed by atoms with E-state index in [2.05, 4.69) is 0 Å². The van der Waals surface area contributed by atoms with E-state index in [9.17, 15) is 9.59 Å². The highest BCUT2D eigenvalue weighted by molar-refractivity contribution is 6.15. The smallest absolute Gasteiger partial charge is 0.344 e. The molecule has 1 aliphatic rings. The Hall–Kier alpha value is -3.28. The molecule has 0 bridgehead atoms. The average Bonchev–Trinajstić information content (AvgIpc) is 2.97. The summed E-state index contributed by atoms with van der Waals surface area (Å²) < 4.78 is 22.0. The van der Waals surface area contributed by atoms with Crippen molar-refractivity contribution in [1.82, 2.24) is 0 Å². The molecule has 0 N–H and O–H groups in total. The summed E-state index contributed by atoms with van der Waals surface area (Å²) in [5.74, 6) is 1.08. The van der Waals surface area contributed by atoms with E-state index in [0.29, 0.717) is 35.0 Å². The third-order valence-electron chi connectivity index (χ3n) is 4.17. The molecule has 3 rings (SSSR count). The summed E-state index contributed by atoms with van der Waals surface area (Å²) in [6.07, 6.45) is 1.47. The summed E-state index contributed by atoms with van der Waals surface area (Å²) in [6.45, 7) is 7.56. The first-order valence-electron chi connectivity index (χ1n) is 9.52. The Morgan fingerprint density at radius 2 is 1.93 bits per heavy atom. The molecular formula is C23H24O6. The molecule has 0 saturated heterocycles. The maximum Gasteiger partial charge on any atom is 0.344 e. The number of hydrogen-bond donors (Lipinski definition) is 0. The van der Waals surface area contributed by atoms with Crippen LogP contribution in [0.25, 0.3) is 6.08 Å². The first-order valence-corrected chi connectivity index (χ1v) is 9.52. The van der Waals surface area contributed by atoms with Crippen LogP contribution in [0.5, 0.6) is 17.2 Å². The number of benzene rings is 2. The first kappa shape index (κ1) is 20.5. The van der Waals surface area contributed by atoms with Gasteiger partial charge in [0.15, 0.2) is 12.4 Å². The Morgan fingerprint density at radius 1 is 1.17 bits per heavy atom. The number of fused-ring (bicyclic) bond motifs is 1. The number of carbonyl (C=O) groups excluding carboxylic acids is 2. The first-order chi connectivity index (χ1) is 13.9. The molecule has 0 spiro atoms. The van der Waals surface area contributed by atoms with E-state index in [-0.39, 0.29) is 24.3 Å². The molecule has 2 aromatic carbocycles. The zero-order valence-electron chi connectivity index (χ0n) is 17.0. The number of hydrogen-bond acceptors (Lipinski definition) is 6. The fourth-order valence-corrected chi connectivity index (χ4v) is 3.03. The van der Waals surface area contributed by atoms with Crippen LogP contribution in [0.1, 0.15) is 42.3 Å². The summed E-state index contributed by atoms with van der Waals surface area (Å²) in [7, 11) is 0. The lowest BCUT2D eigenvalue weighted by Gasteiger charge is -2.10. The minimum atomic E-state index is -0.455. The highest BCUT2D eigenvalue weighted by Gasteiger charge is 2.30. The highest BCUT2D eigenvalue weighted by atomic mass is 16.6. The number of allylic oxidation sites excluding steroid dienone is 1. The number of Topliss-reactive ketones (excluding diaryl/α,β-unsaturated/α-hetero) is 1. The van der Waals surface area contributed by atoms with Crippen LogP contribution in [-0.2, 0) is 9.53 Å². The quantitative estimate of drug-likeness (QED) is 0.512. The van der Waals surface area contributed by atoms with Gasteiger partial charge in [0, 0.05) is 11.6 Å². The van der Waals surface area contributed by atoms with Gasteiger partial charge in [0.2, 0.25) is 5.78 Å². The molecule has 2 aromatic rings. The Kier molecular flexibility index (Phi) is 6.22. The number of aryl methyl sites for hydroxylation is 1. The van der Waals surface area contributed by atoms with E-state index in [1.54, 1.807) is 39.0 Å². The molecule has 0 saturated carbocycles. The van der Waals surface area contributed by atoms with Crippen molar-refractivity contribution in [1.29, 1.82) is 0 Å². The lowest BCUT2D eigenvalue weighted by molar-refractivity contribution is -0.149. The van der Waals surface area contributed by atoms with Gasteiger partial charge in [-0.2, -0.15) is 0 Å². The van der Waals surface area contributed by atoms with E-state index in [0.717, 1.165) is 5.56 Å². The summed E-state index contributed by atoms with van der Waals surface area (Å²) in [6, 6.07) is 10.8. The van der Waals surface area contributed by atoms with Gasteiger partial charge in [-0.05, 0) is 51.5 Å². The van der Waals surface area contributed by atoms with Gasteiger partial charge in [-0.15, -0.1) is 0 Å². The summed E-state index contributed by atoms with van der Waals surface area (Å²) in [5.41, 5.74) is 1.96. The van der Waals surface area contributed by atoms with Crippen molar-refractivity contribution in [3.63, 3.8) is 0 Å². The van der Waals surface area contributed by atoms with Crippen molar-refractivity contribution in [3.8, 4) is 17.2 Å². The van der Waals surface area contributed by atoms with E-state index < -0.39 is 5.97 Å². The molecule has 0 atom stereocenters. The number of esters is 1. The molecule has 0 aromatic heterocycles. The fraction of sp³-hybridized carbons (Fsp3) is 0.304. The van der Waals surface area contributed by atoms with Gasteiger partial charge < -0.3 is 18.9 Å². The standard InChI is InChI=1S/C23H24O6/c1-5-26-18-9-7-6-8-16(18)11-20-23(25)22-15(4)10-17(12-19(22)29-20)27-13-21(24)28-14(2)3/h6-12,14H,5,13H2,1-4H3/b20-11-. The fourth-order valence-electron chi connectivity index (χ4n) is 3.03. The Balaban J connectivity index is 1.82. The predicted octanol–water partition coefficient (Wildman–Crippen LogP) is 4.34. The van der Waals surface area contributed by atoms with Crippen LogP contribution in [0, 0.1) is 6.92 Å². The zero-order valence-corrected chi connectivity index (χ0v) is 17.0. The van der Waals surface area contributed by atoms with Gasteiger partial charge in [-0.3, -0.25) is 4.79 Å². The molecule has 6 heteroatoms. The number of rotatable bonds is 7. The molecular weight excluding hydrogens is 372 g/mol. The number of ketones is 1. The van der Waals surface area contributed by atoms with Crippen LogP contribution in [-0.4, -0.2) is 31.1 Å². The molecule has 0 unspecified atom stereocenters. The molecule has 6 nitrogen and oxygen atoms in total. The normalized spacial score (nSPS) is 14.0. The molecule has 1 aliphatic heterocycles. The van der Waals surface area contributed by atoms with Gasteiger partial charge in [-0.1, -0.05) is 18.2 Å². The molecule has 152 valence electrons. The topological polar surface area (TPSA) is 71.1 Å². The van der Waals surface area contributed by atoms with Crippen LogP contribution in [0.4, 0.5) is 0 Å². The summed E-state index contributed by atoms with van der Waals surface area (Å²) >= 11 is 0. The van der Waals surface area contributed by atoms with E-state index in [4.69, 9.17) is 18.9 Å². The third-order valence-corrected chi connectivity index (χ3v) is 4.17. The van der Waals surface area contributed by atoms with E-state index in [1.807, 2.05) is 31.2 Å². The van der Waals surface area contributed by atoms with Crippen LogP contribution in [0.15, 0.2) is 42.2 Å². The van der Waals surface area contributed by atoms with Crippen molar-refractivity contribution in [2.24, 2.45) is 0 Å². The van der Waals surface area contributed by atoms with Crippen LogP contribution >= 0.6 is 0 Å². The number of para-hydroxylation sites is 1. The Bertz CT molecular complexity index is 958. The molecule has 1 heterocycles. The van der Waals surface area contributed by atoms with Gasteiger partial charge in [0.05, 0.1) is 18.3 Å². The van der Waals surface area contributed by atoms with Gasteiger partial charge >= 0.3 is 5.97 Å². The third kappa shape index (κ3) is 4.77. The second-order valence-electron chi connectivity index (χ2n) is 6.85. The van der Waals surface area contributed by atoms with Crippen molar-refractivity contribution in [3.05, 3.63) is 58.8 Å². The van der Waals surface area contributed by atoms with Crippen molar-refractivity contribution < 1.29 is 28.5 Å². The highest BCUT2D eigenvalue weighted by Crippen LogP contribution is 2.38. The molecule has 0 fully saturated rings. The largest absolute Gasteiger partial charge is 0.493 e. The van der Waals surface area contributed by atoms with E-state index >= 15 is 0 Å². The second kappa shape index (κ2) is 8.82.